The molecule has 2 heterocycles. The van der Waals surface area contributed by atoms with Crippen LogP contribution in [0.4, 0.5) is 4.79 Å². The van der Waals surface area contributed by atoms with Crippen molar-refractivity contribution in [2.45, 2.75) is 6.42 Å². The molecule has 2 rings (SSSR count). The van der Waals surface area contributed by atoms with Gasteiger partial charge in [0, 0.05) is 20.1 Å². The first-order valence-corrected chi connectivity index (χ1v) is 4.96. The van der Waals surface area contributed by atoms with Crippen LogP contribution in [-0.2, 0) is 4.79 Å². The van der Waals surface area contributed by atoms with Crippen molar-refractivity contribution in [2.75, 3.05) is 26.7 Å². The summed E-state index contributed by atoms with van der Waals surface area (Å²) in [5.74, 6) is 0.399. The molecule has 0 aliphatic carbocycles. The maximum absolute atomic E-state index is 11.8. The number of hydrogen-bond acceptors (Lipinski definition) is 3. The second-order valence-corrected chi connectivity index (χ2v) is 3.96. The van der Waals surface area contributed by atoms with Crippen molar-refractivity contribution in [1.82, 2.24) is 15.5 Å². The topological polar surface area (TPSA) is 61.4 Å². The lowest BCUT2D eigenvalue weighted by molar-refractivity contribution is -0.137. The molecule has 86 valence electrons. The van der Waals surface area contributed by atoms with Crippen LogP contribution in [-0.4, -0.2) is 43.5 Å². The third kappa shape index (κ3) is 2.23. The monoisotopic (exact) mass is 233 g/mol. The Kier molecular flexibility index (Phi) is 3.93. The number of likely N-dealkylation sites (tertiary alicyclic amines) is 1. The average Bonchev–Trinajstić information content (AvgIpc) is 2.23. The van der Waals surface area contributed by atoms with Gasteiger partial charge in [-0.1, -0.05) is 0 Å². The molecule has 3 amide bonds. The molecule has 0 radical (unpaired) electrons. The van der Waals surface area contributed by atoms with Crippen LogP contribution in [0, 0.1) is 11.8 Å². The third-order valence-corrected chi connectivity index (χ3v) is 2.96. The van der Waals surface area contributed by atoms with E-state index in [-0.39, 0.29) is 30.3 Å². The summed E-state index contributed by atoms with van der Waals surface area (Å²) < 4.78 is 0. The lowest BCUT2D eigenvalue weighted by atomic mass is 9.85. The molecule has 2 aliphatic heterocycles. The van der Waals surface area contributed by atoms with Gasteiger partial charge in [-0.3, -0.25) is 9.69 Å². The smallest absolute Gasteiger partial charge is 0.323 e. The zero-order valence-electron chi connectivity index (χ0n) is 8.66. The fourth-order valence-electron chi connectivity index (χ4n) is 2.24. The van der Waals surface area contributed by atoms with Gasteiger partial charge in [-0.15, -0.1) is 12.4 Å². The number of amides is 3. The highest BCUT2D eigenvalue weighted by molar-refractivity contribution is 5.96. The maximum atomic E-state index is 11.8. The number of urea groups is 1. The van der Waals surface area contributed by atoms with E-state index in [1.165, 1.54) is 4.90 Å². The van der Waals surface area contributed by atoms with Crippen LogP contribution in [0.5, 0.6) is 0 Å². The first-order valence-electron chi connectivity index (χ1n) is 4.96. The van der Waals surface area contributed by atoms with E-state index in [0.29, 0.717) is 19.0 Å². The molecule has 2 unspecified atom stereocenters. The summed E-state index contributed by atoms with van der Waals surface area (Å²) in [5, 5.41) is 5.72. The first kappa shape index (κ1) is 12.3. The van der Waals surface area contributed by atoms with Gasteiger partial charge in [-0.05, 0) is 18.9 Å². The Balaban J connectivity index is 0.00000112. The molecule has 15 heavy (non-hydrogen) atoms. The Morgan fingerprint density at radius 3 is 2.93 bits per heavy atom. The molecule has 2 fully saturated rings. The zero-order chi connectivity index (χ0) is 10.1. The highest BCUT2D eigenvalue weighted by Gasteiger charge is 2.39. The largest absolute Gasteiger partial charge is 0.341 e. The van der Waals surface area contributed by atoms with E-state index in [2.05, 4.69) is 10.6 Å². The number of rotatable bonds is 0. The van der Waals surface area contributed by atoms with E-state index in [9.17, 15) is 9.59 Å². The second kappa shape index (κ2) is 4.81. The van der Waals surface area contributed by atoms with Crippen molar-refractivity contribution >= 4 is 24.3 Å². The van der Waals surface area contributed by atoms with Crippen LogP contribution in [0.15, 0.2) is 0 Å². The van der Waals surface area contributed by atoms with Crippen LogP contribution in [0.25, 0.3) is 0 Å². The minimum Gasteiger partial charge on any atom is -0.341 e. The molecule has 5 nitrogen and oxygen atoms in total. The molecule has 2 bridgehead atoms. The number of nitrogens with one attached hydrogen (secondary N) is 2. The SMILES string of the molecule is CNC(=O)N1CC2CNCC(C2)C1=O.Cl. The molecular formula is C9H16ClN3O2. The number of fused-ring (bicyclic) bond motifs is 2. The van der Waals surface area contributed by atoms with Gasteiger partial charge in [0.2, 0.25) is 5.91 Å². The fraction of sp³-hybridized carbons (Fsp3) is 0.778. The standard InChI is InChI=1S/C9H15N3O2.ClH/c1-10-9(14)12-5-6-2-7(8(12)13)4-11-3-6;/h6-7,11H,2-5H2,1H3,(H,10,14);1H. The van der Waals surface area contributed by atoms with E-state index in [0.717, 1.165) is 13.0 Å². The summed E-state index contributed by atoms with van der Waals surface area (Å²) in [4.78, 5) is 24.5. The lowest BCUT2D eigenvalue weighted by Crippen LogP contribution is -2.57. The lowest BCUT2D eigenvalue weighted by Gasteiger charge is -2.39. The minimum absolute atomic E-state index is 0. The van der Waals surface area contributed by atoms with Crippen molar-refractivity contribution < 1.29 is 9.59 Å². The Bertz CT molecular complexity index is 272. The molecule has 0 spiro atoms. The molecule has 6 heteroatoms. The summed E-state index contributed by atoms with van der Waals surface area (Å²) in [5.41, 5.74) is 0. The number of nitrogens with zero attached hydrogens (tertiary/aromatic N) is 1. The molecule has 2 atom stereocenters. The molecule has 0 aromatic carbocycles. The average molecular weight is 234 g/mol. The van der Waals surface area contributed by atoms with E-state index < -0.39 is 0 Å². The molecular weight excluding hydrogens is 218 g/mol. The Labute approximate surface area is 95.0 Å². The van der Waals surface area contributed by atoms with Crippen LogP contribution in [0.2, 0.25) is 0 Å². The summed E-state index contributed by atoms with van der Waals surface area (Å²) in [6, 6.07) is -0.272. The van der Waals surface area contributed by atoms with Crippen molar-refractivity contribution in [3.63, 3.8) is 0 Å². The Morgan fingerprint density at radius 2 is 2.27 bits per heavy atom. The van der Waals surface area contributed by atoms with Gasteiger partial charge in [0.15, 0.2) is 0 Å². The molecule has 0 aromatic rings. The highest BCUT2D eigenvalue weighted by Crippen LogP contribution is 2.25. The van der Waals surface area contributed by atoms with E-state index >= 15 is 0 Å². The summed E-state index contributed by atoms with van der Waals surface area (Å²) >= 11 is 0. The number of imide groups is 1. The summed E-state index contributed by atoms with van der Waals surface area (Å²) in [6.45, 7) is 2.18. The van der Waals surface area contributed by atoms with Crippen molar-refractivity contribution in [1.29, 1.82) is 0 Å². The normalized spacial score (nSPS) is 29.4. The van der Waals surface area contributed by atoms with E-state index in [4.69, 9.17) is 0 Å². The van der Waals surface area contributed by atoms with Gasteiger partial charge >= 0.3 is 6.03 Å². The van der Waals surface area contributed by atoms with Gasteiger partial charge in [0.05, 0.1) is 5.92 Å². The van der Waals surface area contributed by atoms with Gasteiger partial charge in [0.25, 0.3) is 0 Å². The molecule has 2 aliphatic rings. The number of halogens is 1. The third-order valence-electron chi connectivity index (χ3n) is 2.96. The number of carbonyl (C=O) groups is 2. The van der Waals surface area contributed by atoms with Crippen LogP contribution in [0.3, 0.4) is 0 Å². The van der Waals surface area contributed by atoms with Gasteiger partial charge in [-0.2, -0.15) is 0 Å². The predicted molar refractivity (Wildman–Crippen MR) is 57.9 cm³/mol. The minimum atomic E-state index is -0.272. The predicted octanol–water partition coefficient (Wildman–Crippen LogP) is -0.184. The molecule has 2 N–H and O–H groups in total. The quantitative estimate of drug-likeness (QED) is 0.610. The first-order chi connectivity index (χ1) is 6.72. The van der Waals surface area contributed by atoms with Crippen molar-refractivity contribution in [3.8, 4) is 0 Å². The van der Waals surface area contributed by atoms with Gasteiger partial charge < -0.3 is 10.6 Å². The summed E-state index contributed by atoms with van der Waals surface area (Å²) in [7, 11) is 1.55. The number of piperidine rings is 2. The van der Waals surface area contributed by atoms with Gasteiger partial charge in [-0.25, -0.2) is 4.79 Å². The maximum Gasteiger partial charge on any atom is 0.323 e. The van der Waals surface area contributed by atoms with Crippen LogP contribution >= 0.6 is 12.4 Å². The number of hydrogen-bond donors (Lipinski definition) is 2. The van der Waals surface area contributed by atoms with E-state index in [1.54, 1.807) is 7.05 Å². The van der Waals surface area contributed by atoms with E-state index in [1.807, 2.05) is 0 Å². The van der Waals surface area contributed by atoms with Crippen LogP contribution < -0.4 is 10.6 Å². The summed E-state index contributed by atoms with van der Waals surface area (Å²) in [6.07, 6.45) is 0.930. The molecule has 0 aromatic heterocycles. The van der Waals surface area contributed by atoms with Crippen LogP contribution in [0.1, 0.15) is 6.42 Å². The zero-order valence-corrected chi connectivity index (χ0v) is 9.47. The van der Waals surface area contributed by atoms with Crippen molar-refractivity contribution in [2.24, 2.45) is 11.8 Å². The highest BCUT2D eigenvalue weighted by atomic mass is 35.5. The molecule has 2 saturated heterocycles. The van der Waals surface area contributed by atoms with Crippen molar-refractivity contribution in [3.05, 3.63) is 0 Å². The Hall–Kier alpha value is -0.810. The fourth-order valence-corrected chi connectivity index (χ4v) is 2.24. The number of carbonyl (C=O) groups excluding carboxylic acids is 2. The van der Waals surface area contributed by atoms with Gasteiger partial charge in [0.1, 0.15) is 0 Å². The second-order valence-electron chi connectivity index (χ2n) is 3.96. The Morgan fingerprint density at radius 1 is 1.53 bits per heavy atom. The molecule has 0 saturated carbocycles.